The standard InChI is InChI=1S/C33H38ClN3O3S/c1-7-21-10-9-11-22(8-2)29(21)37-28(16-20(3)4)25(30(38)35-19-33(5,6)40)17-26(32(37)39)31-36-27(18-41-31)23-12-14-24(34)15-13-23/h9-15,17-18,20,40H,7-8,16,19H2,1-6H3,(H,35,38). The zero-order chi connectivity index (χ0) is 29.9. The largest absolute Gasteiger partial charge is 0.389 e. The van der Waals surface area contributed by atoms with E-state index in [1.807, 2.05) is 47.8 Å². The van der Waals surface area contributed by atoms with Crippen LogP contribution < -0.4 is 10.9 Å². The fraction of sp³-hybridized carbons (Fsp3) is 0.364. The molecule has 0 saturated heterocycles. The van der Waals surface area contributed by atoms with Gasteiger partial charge in [0.15, 0.2) is 0 Å². The van der Waals surface area contributed by atoms with Crippen molar-refractivity contribution in [3.63, 3.8) is 0 Å². The molecule has 0 saturated carbocycles. The fourth-order valence-corrected chi connectivity index (χ4v) is 5.83. The van der Waals surface area contributed by atoms with Crippen molar-refractivity contribution < 1.29 is 9.90 Å². The van der Waals surface area contributed by atoms with Gasteiger partial charge in [0.1, 0.15) is 5.01 Å². The van der Waals surface area contributed by atoms with E-state index < -0.39 is 5.60 Å². The second-order valence-corrected chi connectivity index (χ2v) is 12.6. The predicted molar refractivity (Wildman–Crippen MR) is 170 cm³/mol. The van der Waals surface area contributed by atoms with Gasteiger partial charge in [0, 0.05) is 28.2 Å². The molecule has 1 amide bonds. The Balaban J connectivity index is 2.03. The normalized spacial score (nSPS) is 11.7. The summed E-state index contributed by atoms with van der Waals surface area (Å²) in [6.07, 6.45) is 1.99. The molecule has 6 nitrogen and oxygen atoms in total. The van der Waals surface area contributed by atoms with Crippen LogP contribution in [0.5, 0.6) is 0 Å². The highest BCUT2D eigenvalue weighted by Gasteiger charge is 2.26. The summed E-state index contributed by atoms with van der Waals surface area (Å²) in [5, 5.41) is 16.3. The summed E-state index contributed by atoms with van der Waals surface area (Å²) >= 11 is 7.45. The van der Waals surface area contributed by atoms with Crippen molar-refractivity contribution in [3.05, 3.63) is 91.7 Å². The number of amides is 1. The summed E-state index contributed by atoms with van der Waals surface area (Å²) in [4.78, 5) is 33.1. The molecule has 0 atom stereocenters. The number of hydrogen-bond donors (Lipinski definition) is 2. The number of halogens is 1. The van der Waals surface area contributed by atoms with Crippen LogP contribution in [-0.2, 0) is 19.3 Å². The van der Waals surface area contributed by atoms with E-state index in [0.717, 1.165) is 40.9 Å². The second-order valence-electron chi connectivity index (χ2n) is 11.3. The number of aromatic nitrogens is 2. The highest BCUT2D eigenvalue weighted by atomic mass is 35.5. The van der Waals surface area contributed by atoms with Crippen molar-refractivity contribution in [1.29, 1.82) is 0 Å². The number of pyridine rings is 1. The van der Waals surface area contributed by atoms with Gasteiger partial charge in [0.2, 0.25) is 0 Å². The number of benzene rings is 2. The number of carbonyl (C=O) groups excluding carboxylic acids is 1. The van der Waals surface area contributed by atoms with Crippen LogP contribution in [0.1, 0.15) is 68.7 Å². The van der Waals surface area contributed by atoms with Gasteiger partial charge in [0.25, 0.3) is 11.5 Å². The van der Waals surface area contributed by atoms with Gasteiger partial charge in [-0.1, -0.05) is 69.6 Å². The first kappa shape index (κ1) is 30.7. The maximum atomic E-state index is 14.5. The Bertz CT molecular complexity index is 1580. The van der Waals surface area contributed by atoms with Crippen molar-refractivity contribution in [1.82, 2.24) is 14.9 Å². The van der Waals surface area contributed by atoms with Crippen LogP contribution in [0.4, 0.5) is 0 Å². The maximum Gasteiger partial charge on any atom is 0.265 e. The minimum Gasteiger partial charge on any atom is -0.389 e. The van der Waals surface area contributed by atoms with Gasteiger partial charge in [-0.05, 0) is 68.4 Å². The first-order valence-corrected chi connectivity index (χ1v) is 15.3. The Kier molecular flexibility index (Phi) is 9.52. The highest BCUT2D eigenvalue weighted by Crippen LogP contribution is 2.31. The number of nitrogens with one attached hydrogen (secondary N) is 1. The number of thiazole rings is 1. The Hall–Kier alpha value is -3.26. The Morgan fingerprint density at radius 1 is 1.10 bits per heavy atom. The number of para-hydroxylation sites is 1. The molecule has 2 aromatic carbocycles. The first-order valence-electron chi connectivity index (χ1n) is 14.1. The molecule has 0 fully saturated rings. The molecule has 0 unspecified atom stereocenters. The third-order valence-electron chi connectivity index (χ3n) is 6.89. The lowest BCUT2D eigenvalue weighted by Crippen LogP contribution is -2.39. The number of rotatable bonds is 10. The fourth-order valence-electron chi connectivity index (χ4n) is 4.87. The lowest BCUT2D eigenvalue weighted by Gasteiger charge is -2.24. The molecule has 8 heteroatoms. The third-order valence-corrected chi connectivity index (χ3v) is 8.02. The van der Waals surface area contributed by atoms with Gasteiger partial charge in [-0.3, -0.25) is 14.2 Å². The Morgan fingerprint density at radius 3 is 2.29 bits per heavy atom. The number of carbonyl (C=O) groups is 1. The quantitative estimate of drug-likeness (QED) is 0.206. The lowest BCUT2D eigenvalue weighted by atomic mass is 9.97. The third kappa shape index (κ3) is 6.97. The molecule has 216 valence electrons. The predicted octanol–water partition coefficient (Wildman–Crippen LogP) is 7.11. The van der Waals surface area contributed by atoms with Gasteiger partial charge in [-0.25, -0.2) is 4.98 Å². The van der Waals surface area contributed by atoms with Gasteiger partial charge in [-0.2, -0.15) is 0 Å². The SMILES string of the molecule is CCc1cccc(CC)c1-n1c(CC(C)C)c(C(=O)NCC(C)(C)O)cc(-c2nc(-c3ccc(Cl)cc3)cs2)c1=O. The van der Waals surface area contributed by atoms with Crippen LogP contribution in [0.15, 0.2) is 58.7 Å². The molecule has 2 N–H and O–H groups in total. The van der Waals surface area contributed by atoms with Crippen LogP contribution >= 0.6 is 22.9 Å². The molecule has 4 rings (SSSR count). The van der Waals surface area contributed by atoms with Crippen LogP contribution in [0.2, 0.25) is 5.02 Å². The molecule has 4 aromatic rings. The lowest BCUT2D eigenvalue weighted by molar-refractivity contribution is 0.0693. The van der Waals surface area contributed by atoms with E-state index in [-0.39, 0.29) is 23.9 Å². The summed E-state index contributed by atoms with van der Waals surface area (Å²) in [5.74, 6) is -0.151. The minimum absolute atomic E-state index is 0.0745. The van der Waals surface area contributed by atoms with Crippen LogP contribution in [-0.4, -0.2) is 32.7 Å². The number of hydrogen-bond acceptors (Lipinski definition) is 5. The van der Waals surface area contributed by atoms with E-state index in [4.69, 9.17) is 16.6 Å². The molecule has 2 aromatic heterocycles. The summed E-state index contributed by atoms with van der Waals surface area (Å²) < 4.78 is 1.76. The number of aryl methyl sites for hydroxylation is 2. The first-order chi connectivity index (χ1) is 19.4. The van der Waals surface area contributed by atoms with Crippen LogP contribution in [0.25, 0.3) is 27.5 Å². The summed E-state index contributed by atoms with van der Waals surface area (Å²) in [6, 6.07) is 15.2. The van der Waals surface area contributed by atoms with Crippen LogP contribution in [0.3, 0.4) is 0 Å². The molecular formula is C33H38ClN3O3S. The monoisotopic (exact) mass is 591 g/mol. The van der Waals surface area contributed by atoms with Crippen molar-refractivity contribution >= 4 is 28.8 Å². The molecule has 0 radical (unpaired) electrons. The smallest absolute Gasteiger partial charge is 0.265 e. The Morgan fingerprint density at radius 2 is 1.73 bits per heavy atom. The zero-order valence-corrected chi connectivity index (χ0v) is 26.1. The van der Waals surface area contributed by atoms with E-state index in [1.165, 1.54) is 11.3 Å². The molecule has 0 bridgehead atoms. The Labute approximate surface area is 251 Å². The van der Waals surface area contributed by atoms with Crippen LogP contribution in [0, 0.1) is 5.92 Å². The molecule has 0 spiro atoms. The topological polar surface area (TPSA) is 84.2 Å². The van der Waals surface area contributed by atoms with Gasteiger partial charge >= 0.3 is 0 Å². The average Bonchev–Trinajstić information content (AvgIpc) is 3.41. The number of nitrogens with zero attached hydrogens (tertiary/aromatic N) is 2. The molecule has 0 aliphatic carbocycles. The van der Waals surface area contributed by atoms with E-state index in [0.29, 0.717) is 33.3 Å². The molecule has 41 heavy (non-hydrogen) atoms. The molecular weight excluding hydrogens is 554 g/mol. The van der Waals surface area contributed by atoms with Gasteiger partial charge in [0.05, 0.1) is 28.1 Å². The van der Waals surface area contributed by atoms with E-state index in [9.17, 15) is 14.7 Å². The second kappa shape index (κ2) is 12.7. The minimum atomic E-state index is -1.09. The summed E-state index contributed by atoms with van der Waals surface area (Å²) in [6.45, 7) is 11.7. The average molecular weight is 592 g/mol. The summed E-state index contributed by atoms with van der Waals surface area (Å²) in [7, 11) is 0. The molecule has 0 aliphatic heterocycles. The molecule has 0 aliphatic rings. The summed E-state index contributed by atoms with van der Waals surface area (Å²) in [5.41, 5.74) is 4.69. The van der Waals surface area contributed by atoms with Crippen molar-refractivity contribution in [2.75, 3.05) is 6.54 Å². The highest BCUT2D eigenvalue weighted by molar-refractivity contribution is 7.13. The molecule has 2 heterocycles. The number of aliphatic hydroxyl groups is 1. The van der Waals surface area contributed by atoms with Crippen molar-refractivity contribution in [2.45, 2.75) is 66.4 Å². The van der Waals surface area contributed by atoms with E-state index in [1.54, 1.807) is 24.5 Å². The van der Waals surface area contributed by atoms with E-state index in [2.05, 4.69) is 33.0 Å². The van der Waals surface area contributed by atoms with Crippen molar-refractivity contribution in [2.24, 2.45) is 5.92 Å². The van der Waals surface area contributed by atoms with Crippen molar-refractivity contribution in [3.8, 4) is 27.5 Å². The zero-order valence-electron chi connectivity index (χ0n) is 24.5. The van der Waals surface area contributed by atoms with E-state index >= 15 is 0 Å². The van der Waals surface area contributed by atoms with Gasteiger partial charge in [-0.15, -0.1) is 11.3 Å². The van der Waals surface area contributed by atoms with Gasteiger partial charge < -0.3 is 10.4 Å². The maximum absolute atomic E-state index is 14.5.